The molecular formula is C10H13NO. The van der Waals surface area contributed by atoms with E-state index >= 15 is 0 Å². The summed E-state index contributed by atoms with van der Waals surface area (Å²) in [5.74, 6) is 0.818. The molecule has 2 nitrogen and oxygen atoms in total. The lowest BCUT2D eigenvalue weighted by Crippen LogP contribution is -2.08. The molecule has 0 aromatic carbocycles. The Morgan fingerprint density at radius 1 is 1.58 bits per heavy atom. The largest absolute Gasteiger partial charge is 0.472 e. The molecule has 1 atom stereocenters. The summed E-state index contributed by atoms with van der Waals surface area (Å²) in [6.07, 6.45) is 3.39. The van der Waals surface area contributed by atoms with Crippen molar-refractivity contribution in [1.82, 2.24) is 0 Å². The van der Waals surface area contributed by atoms with E-state index in [1.165, 1.54) is 0 Å². The van der Waals surface area contributed by atoms with Crippen molar-refractivity contribution in [3.8, 4) is 0 Å². The zero-order valence-electron chi connectivity index (χ0n) is 7.45. The quantitative estimate of drug-likeness (QED) is 0.626. The van der Waals surface area contributed by atoms with Gasteiger partial charge in [0.25, 0.3) is 0 Å². The highest BCUT2D eigenvalue weighted by molar-refractivity contribution is 5.14. The molecule has 0 N–H and O–H groups in total. The van der Waals surface area contributed by atoms with Crippen LogP contribution in [0.1, 0.15) is 25.3 Å². The Labute approximate surface area is 73.0 Å². The van der Waals surface area contributed by atoms with E-state index in [0.29, 0.717) is 18.4 Å². The van der Waals surface area contributed by atoms with E-state index in [-0.39, 0.29) is 0 Å². The van der Waals surface area contributed by atoms with E-state index < -0.39 is 0 Å². The number of rotatable bonds is 3. The fourth-order valence-corrected chi connectivity index (χ4v) is 1.29. The zero-order valence-corrected chi connectivity index (χ0v) is 7.45. The minimum absolute atomic E-state index is 0.321. The Bertz CT molecular complexity index is 256. The topological polar surface area (TPSA) is 17.5 Å². The first-order chi connectivity index (χ1) is 5.75. The Kier molecular flexibility index (Phi) is 2.93. The molecule has 1 rings (SSSR count). The first-order valence-corrected chi connectivity index (χ1v) is 4.11. The molecule has 1 aromatic rings. The third-order valence-corrected chi connectivity index (χ3v) is 2.06. The highest BCUT2D eigenvalue weighted by Crippen LogP contribution is 2.24. The van der Waals surface area contributed by atoms with Gasteiger partial charge in [0.05, 0.1) is 18.4 Å². The average Bonchev–Trinajstić information content (AvgIpc) is 2.51. The fraction of sp³-hybridized carbons (Fsp3) is 0.500. The summed E-state index contributed by atoms with van der Waals surface area (Å²) in [5.41, 5.74) is 1.14. The normalized spacial score (nSPS) is 12.8. The van der Waals surface area contributed by atoms with Crippen LogP contribution in [-0.4, -0.2) is 6.54 Å². The van der Waals surface area contributed by atoms with Gasteiger partial charge in [-0.05, 0) is 12.0 Å². The van der Waals surface area contributed by atoms with Crippen molar-refractivity contribution >= 4 is 0 Å². The minimum Gasteiger partial charge on any atom is -0.472 e. The van der Waals surface area contributed by atoms with Gasteiger partial charge in [-0.15, -0.1) is 0 Å². The summed E-state index contributed by atoms with van der Waals surface area (Å²) in [4.78, 5) is 3.42. The van der Waals surface area contributed by atoms with E-state index in [9.17, 15) is 0 Å². The van der Waals surface area contributed by atoms with Gasteiger partial charge in [0.2, 0.25) is 6.54 Å². The molecule has 64 valence electrons. The van der Waals surface area contributed by atoms with Gasteiger partial charge in [-0.25, -0.2) is 6.57 Å². The van der Waals surface area contributed by atoms with E-state index in [1.807, 2.05) is 6.07 Å². The second-order valence-corrected chi connectivity index (χ2v) is 3.25. The average molecular weight is 163 g/mol. The standard InChI is InChI=1S/C10H13NO/c1-8(2)10(6-11-3)9-4-5-12-7-9/h4-5,7-8,10H,6H2,1-2H3. The van der Waals surface area contributed by atoms with Crippen molar-refractivity contribution in [1.29, 1.82) is 0 Å². The molecule has 1 heterocycles. The van der Waals surface area contributed by atoms with Crippen LogP contribution in [0.5, 0.6) is 0 Å². The first kappa shape index (κ1) is 8.86. The third kappa shape index (κ3) is 1.88. The summed E-state index contributed by atoms with van der Waals surface area (Å²) < 4.78 is 4.99. The van der Waals surface area contributed by atoms with Crippen molar-refractivity contribution in [2.24, 2.45) is 5.92 Å². The second-order valence-electron chi connectivity index (χ2n) is 3.25. The van der Waals surface area contributed by atoms with Crippen LogP contribution in [-0.2, 0) is 0 Å². The summed E-state index contributed by atoms with van der Waals surface area (Å²) in [6.45, 7) is 11.6. The Hall–Kier alpha value is -1.23. The predicted molar refractivity (Wildman–Crippen MR) is 47.8 cm³/mol. The Morgan fingerprint density at radius 2 is 2.33 bits per heavy atom. The van der Waals surface area contributed by atoms with Crippen LogP contribution in [0.3, 0.4) is 0 Å². The fourth-order valence-electron chi connectivity index (χ4n) is 1.29. The summed E-state index contributed by atoms with van der Waals surface area (Å²) in [6, 6.07) is 1.94. The number of hydrogen-bond donors (Lipinski definition) is 0. The summed E-state index contributed by atoms with van der Waals surface area (Å²) in [5, 5.41) is 0. The molecule has 1 aromatic heterocycles. The molecular weight excluding hydrogens is 150 g/mol. The molecule has 0 aliphatic carbocycles. The number of nitrogens with zero attached hydrogens (tertiary/aromatic N) is 1. The number of furan rings is 1. The van der Waals surface area contributed by atoms with E-state index in [4.69, 9.17) is 11.0 Å². The van der Waals surface area contributed by atoms with Crippen molar-refractivity contribution in [2.75, 3.05) is 6.54 Å². The smallest absolute Gasteiger partial charge is 0.221 e. The maximum atomic E-state index is 6.82. The van der Waals surface area contributed by atoms with Gasteiger partial charge in [0.1, 0.15) is 0 Å². The highest BCUT2D eigenvalue weighted by atomic mass is 16.3. The Balaban J connectivity index is 2.75. The monoisotopic (exact) mass is 163 g/mol. The van der Waals surface area contributed by atoms with Gasteiger partial charge in [-0.1, -0.05) is 13.8 Å². The molecule has 0 aliphatic heterocycles. The molecule has 0 saturated carbocycles. The number of hydrogen-bond acceptors (Lipinski definition) is 1. The molecule has 0 bridgehead atoms. The lowest BCUT2D eigenvalue weighted by Gasteiger charge is -2.12. The molecule has 0 fully saturated rings. The van der Waals surface area contributed by atoms with Crippen LogP contribution in [0.2, 0.25) is 0 Å². The first-order valence-electron chi connectivity index (χ1n) is 4.11. The minimum atomic E-state index is 0.321. The Morgan fingerprint density at radius 3 is 2.75 bits per heavy atom. The van der Waals surface area contributed by atoms with E-state index in [2.05, 4.69) is 18.7 Å². The highest BCUT2D eigenvalue weighted by Gasteiger charge is 2.19. The van der Waals surface area contributed by atoms with Crippen LogP contribution in [0, 0.1) is 12.5 Å². The molecule has 12 heavy (non-hydrogen) atoms. The molecule has 0 saturated heterocycles. The van der Waals surface area contributed by atoms with E-state index in [1.54, 1.807) is 12.5 Å². The van der Waals surface area contributed by atoms with Crippen LogP contribution >= 0.6 is 0 Å². The molecule has 1 unspecified atom stereocenters. The van der Waals surface area contributed by atoms with Crippen LogP contribution in [0.4, 0.5) is 0 Å². The van der Waals surface area contributed by atoms with Gasteiger partial charge in [-0.3, -0.25) is 0 Å². The summed E-state index contributed by atoms with van der Waals surface area (Å²) in [7, 11) is 0. The van der Waals surface area contributed by atoms with E-state index in [0.717, 1.165) is 5.56 Å². The molecule has 0 spiro atoms. The van der Waals surface area contributed by atoms with Crippen LogP contribution in [0.25, 0.3) is 4.85 Å². The third-order valence-electron chi connectivity index (χ3n) is 2.06. The van der Waals surface area contributed by atoms with Crippen molar-refractivity contribution in [3.63, 3.8) is 0 Å². The molecule has 0 radical (unpaired) electrons. The van der Waals surface area contributed by atoms with Crippen molar-refractivity contribution < 1.29 is 4.42 Å². The zero-order chi connectivity index (χ0) is 8.97. The van der Waals surface area contributed by atoms with Gasteiger partial charge < -0.3 is 9.26 Å². The predicted octanol–water partition coefficient (Wildman–Crippen LogP) is 2.94. The SMILES string of the molecule is [C-]#[N+]CC(c1ccoc1)C(C)C. The second kappa shape index (κ2) is 3.96. The molecule has 0 amide bonds. The summed E-state index contributed by atoms with van der Waals surface area (Å²) >= 11 is 0. The van der Waals surface area contributed by atoms with Crippen LogP contribution in [0.15, 0.2) is 23.0 Å². The lowest BCUT2D eigenvalue weighted by molar-refractivity contribution is 0.509. The maximum absolute atomic E-state index is 6.82. The van der Waals surface area contributed by atoms with Gasteiger partial charge in [-0.2, -0.15) is 0 Å². The van der Waals surface area contributed by atoms with Crippen molar-refractivity contribution in [2.45, 2.75) is 19.8 Å². The van der Waals surface area contributed by atoms with Gasteiger partial charge in [0, 0.05) is 5.56 Å². The van der Waals surface area contributed by atoms with Gasteiger partial charge >= 0.3 is 0 Å². The van der Waals surface area contributed by atoms with Crippen LogP contribution < -0.4 is 0 Å². The molecule has 0 aliphatic rings. The van der Waals surface area contributed by atoms with Gasteiger partial charge in [0.15, 0.2) is 0 Å². The maximum Gasteiger partial charge on any atom is 0.221 e. The molecule has 2 heteroatoms. The van der Waals surface area contributed by atoms with Crippen molar-refractivity contribution in [3.05, 3.63) is 35.6 Å². The lowest BCUT2D eigenvalue weighted by atomic mass is 9.90.